The van der Waals surface area contributed by atoms with Crippen molar-refractivity contribution in [1.82, 2.24) is 4.72 Å². The molecule has 1 saturated carbocycles. The highest BCUT2D eigenvalue weighted by atomic mass is 32.2. The first-order valence-electron chi connectivity index (χ1n) is 6.49. The molecule has 102 valence electrons. The Morgan fingerprint density at radius 3 is 2.37 bits per heavy atom. The predicted molar refractivity (Wildman–Crippen MR) is 73.8 cm³/mol. The van der Waals surface area contributed by atoms with Crippen LogP contribution in [0.5, 0.6) is 0 Å². The van der Waals surface area contributed by atoms with Crippen molar-refractivity contribution in [3.63, 3.8) is 0 Å². The van der Waals surface area contributed by atoms with E-state index in [1.165, 1.54) is 0 Å². The van der Waals surface area contributed by atoms with Crippen LogP contribution in [0.3, 0.4) is 0 Å². The van der Waals surface area contributed by atoms with Gasteiger partial charge in [-0.25, -0.2) is 13.1 Å². The first-order valence-corrected chi connectivity index (χ1v) is 8.14. The Labute approximate surface area is 114 Å². The molecule has 1 aromatic carbocycles. The van der Waals surface area contributed by atoms with Gasteiger partial charge in [0.05, 0.1) is 17.4 Å². The topological polar surface area (TPSA) is 70.0 Å². The van der Waals surface area contributed by atoms with Gasteiger partial charge in [0.1, 0.15) is 0 Å². The molecule has 0 heterocycles. The summed E-state index contributed by atoms with van der Waals surface area (Å²) in [6.07, 6.45) is 3.78. The Morgan fingerprint density at radius 2 is 1.95 bits per heavy atom. The van der Waals surface area contributed by atoms with Crippen molar-refractivity contribution in [2.45, 2.75) is 43.9 Å². The molecule has 0 aliphatic heterocycles. The average Bonchev–Trinajstić information content (AvgIpc) is 2.34. The Hall–Kier alpha value is -1.38. The fraction of sp³-hybridized carbons (Fsp3) is 0.500. The highest BCUT2D eigenvalue weighted by Gasteiger charge is 2.38. The van der Waals surface area contributed by atoms with Crippen LogP contribution in [0.25, 0.3) is 0 Å². The van der Waals surface area contributed by atoms with Crippen molar-refractivity contribution in [2.24, 2.45) is 0 Å². The molecule has 0 unspecified atom stereocenters. The maximum atomic E-state index is 12.1. The largest absolute Gasteiger partial charge is 0.216 e. The lowest BCUT2D eigenvalue weighted by molar-refractivity contribution is 0.213. The molecule has 1 aromatic rings. The van der Waals surface area contributed by atoms with Crippen LogP contribution in [0, 0.1) is 11.3 Å². The molecule has 0 spiro atoms. The second-order valence-electron chi connectivity index (χ2n) is 5.16. The maximum Gasteiger partial charge on any atom is 0.216 e. The third-order valence-electron chi connectivity index (χ3n) is 3.80. The quantitative estimate of drug-likeness (QED) is 0.898. The van der Waals surface area contributed by atoms with Gasteiger partial charge in [-0.3, -0.25) is 0 Å². The standard InChI is InChI=1S/C14H18N2O2S/c1-2-14(8-3-9-14)16-19(17,18)11-13-6-4-12(10-15)5-7-13/h4-7,16H,2-3,8-9,11H2,1H3. The van der Waals surface area contributed by atoms with Crippen molar-refractivity contribution < 1.29 is 8.42 Å². The Kier molecular flexibility index (Phi) is 3.93. The first kappa shape index (κ1) is 14.0. The van der Waals surface area contributed by atoms with E-state index in [9.17, 15) is 8.42 Å². The van der Waals surface area contributed by atoms with Crippen molar-refractivity contribution in [3.8, 4) is 6.07 Å². The number of sulfonamides is 1. The molecule has 0 aromatic heterocycles. The highest BCUT2D eigenvalue weighted by Crippen LogP contribution is 2.35. The summed E-state index contributed by atoms with van der Waals surface area (Å²) < 4.78 is 27.1. The zero-order valence-electron chi connectivity index (χ0n) is 11.0. The highest BCUT2D eigenvalue weighted by molar-refractivity contribution is 7.88. The lowest BCUT2D eigenvalue weighted by atomic mass is 9.76. The smallest absolute Gasteiger partial charge is 0.212 e. The van der Waals surface area contributed by atoms with E-state index in [4.69, 9.17) is 5.26 Å². The zero-order chi connectivity index (χ0) is 13.9. The molecule has 0 atom stereocenters. The summed E-state index contributed by atoms with van der Waals surface area (Å²) in [5.74, 6) is -0.0273. The van der Waals surface area contributed by atoms with Gasteiger partial charge in [0.2, 0.25) is 10.0 Å². The molecule has 5 heteroatoms. The third-order valence-corrected chi connectivity index (χ3v) is 5.26. The molecule has 1 aliphatic carbocycles. The second kappa shape index (κ2) is 5.32. The van der Waals surface area contributed by atoms with Crippen molar-refractivity contribution >= 4 is 10.0 Å². The third kappa shape index (κ3) is 3.34. The van der Waals surface area contributed by atoms with Gasteiger partial charge >= 0.3 is 0 Å². The molecule has 19 heavy (non-hydrogen) atoms. The van der Waals surface area contributed by atoms with Crippen molar-refractivity contribution in [3.05, 3.63) is 35.4 Å². The molecule has 1 fully saturated rings. The number of hydrogen-bond donors (Lipinski definition) is 1. The number of hydrogen-bond acceptors (Lipinski definition) is 3. The van der Waals surface area contributed by atoms with Crippen molar-refractivity contribution in [2.75, 3.05) is 0 Å². The van der Waals surface area contributed by atoms with Crippen LogP contribution >= 0.6 is 0 Å². The van der Waals surface area contributed by atoms with Crippen LogP contribution in [0.15, 0.2) is 24.3 Å². The molecule has 2 rings (SSSR count). The normalized spacial score (nSPS) is 17.5. The van der Waals surface area contributed by atoms with E-state index >= 15 is 0 Å². The lowest BCUT2D eigenvalue weighted by Gasteiger charge is -2.41. The van der Waals surface area contributed by atoms with E-state index in [1.807, 2.05) is 13.0 Å². The van der Waals surface area contributed by atoms with Crippen LogP contribution in [0.4, 0.5) is 0 Å². The second-order valence-corrected chi connectivity index (χ2v) is 6.88. The monoisotopic (exact) mass is 278 g/mol. The molecule has 0 saturated heterocycles. The molecular weight excluding hydrogens is 260 g/mol. The summed E-state index contributed by atoms with van der Waals surface area (Å²) in [6.45, 7) is 2.02. The molecule has 0 bridgehead atoms. The van der Waals surface area contributed by atoms with Gasteiger partial charge in [-0.15, -0.1) is 0 Å². The van der Waals surface area contributed by atoms with Crippen LogP contribution < -0.4 is 4.72 Å². The molecule has 0 amide bonds. The van der Waals surface area contributed by atoms with E-state index < -0.39 is 10.0 Å². The Bertz CT molecular complexity index is 575. The molecule has 1 aliphatic rings. The minimum atomic E-state index is -3.32. The van der Waals surface area contributed by atoms with E-state index in [2.05, 4.69) is 4.72 Å². The van der Waals surface area contributed by atoms with E-state index in [0.29, 0.717) is 11.1 Å². The van der Waals surface area contributed by atoms with Crippen LogP contribution in [0.1, 0.15) is 43.7 Å². The Balaban J connectivity index is 2.06. The van der Waals surface area contributed by atoms with E-state index in [1.54, 1.807) is 24.3 Å². The molecule has 4 nitrogen and oxygen atoms in total. The number of benzene rings is 1. The summed E-state index contributed by atoms with van der Waals surface area (Å²) in [6, 6.07) is 8.69. The van der Waals surface area contributed by atoms with E-state index in [0.717, 1.165) is 25.7 Å². The summed E-state index contributed by atoms with van der Waals surface area (Å²) in [7, 11) is -3.32. The van der Waals surface area contributed by atoms with Gasteiger partial charge in [-0.05, 0) is 43.4 Å². The average molecular weight is 278 g/mol. The fourth-order valence-corrected chi connectivity index (χ4v) is 4.10. The van der Waals surface area contributed by atoms with Crippen LogP contribution in [-0.4, -0.2) is 14.0 Å². The van der Waals surface area contributed by atoms with E-state index in [-0.39, 0.29) is 11.3 Å². The zero-order valence-corrected chi connectivity index (χ0v) is 11.8. The van der Waals surface area contributed by atoms with Gasteiger partial charge in [0.25, 0.3) is 0 Å². The summed E-state index contributed by atoms with van der Waals surface area (Å²) in [4.78, 5) is 0. The summed E-state index contributed by atoms with van der Waals surface area (Å²) >= 11 is 0. The number of nitriles is 1. The van der Waals surface area contributed by atoms with Gasteiger partial charge in [-0.1, -0.05) is 19.1 Å². The first-order chi connectivity index (χ1) is 8.99. The maximum absolute atomic E-state index is 12.1. The number of nitrogens with zero attached hydrogens (tertiary/aromatic N) is 1. The van der Waals surface area contributed by atoms with Crippen molar-refractivity contribution in [1.29, 1.82) is 5.26 Å². The van der Waals surface area contributed by atoms with Gasteiger partial charge in [0, 0.05) is 5.54 Å². The number of rotatable bonds is 5. The van der Waals surface area contributed by atoms with Crippen LogP contribution in [0.2, 0.25) is 0 Å². The predicted octanol–water partition coefficient (Wildman–Crippen LogP) is 2.31. The SMILES string of the molecule is CCC1(NS(=O)(=O)Cc2ccc(C#N)cc2)CCC1. The Morgan fingerprint density at radius 1 is 1.32 bits per heavy atom. The minimum absolute atomic E-state index is 0.0273. The minimum Gasteiger partial charge on any atom is -0.212 e. The molecule has 0 radical (unpaired) electrons. The lowest BCUT2D eigenvalue weighted by Crippen LogP contribution is -2.53. The summed E-state index contributed by atoms with van der Waals surface area (Å²) in [5.41, 5.74) is 1.03. The fourth-order valence-electron chi connectivity index (χ4n) is 2.39. The molecule has 1 N–H and O–H groups in total. The number of nitrogens with one attached hydrogen (secondary N) is 1. The molecular formula is C14H18N2O2S. The summed E-state index contributed by atoms with van der Waals surface area (Å²) in [5, 5.41) is 8.70. The van der Waals surface area contributed by atoms with Gasteiger partial charge in [0.15, 0.2) is 0 Å². The van der Waals surface area contributed by atoms with Gasteiger partial charge in [-0.2, -0.15) is 5.26 Å². The van der Waals surface area contributed by atoms with Crippen LogP contribution in [-0.2, 0) is 15.8 Å². The van der Waals surface area contributed by atoms with Gasteiger partial charge < -0.3 is 0 Å².